The average molecular weight is 272 g/mol. The third kappa shape index (κ3) is 2.79. The second kappa shape index (κ2) is 5.57. The Hall–Kier alpha value is -1.97. The van der Waals surface area contributed by atoms with Crippen LogP contribution in [0.5, 0.6) is 0 Å². The molecule has 0 spiro atoms. The molecule has 1 N–H and O–H groups in total. The molecule has 1 aromatic carbocycles. The van der Waals surface area contributed by atoms with E-state index in [4.69, 9.17) is 0 Å². The molecular weight excluding hydrogens is 248 g/mol. The lowest BCUT2D eigenvalue weighted by Gasteiger charge is -2.18. The van der Waals surface area contributed by atoms with Crippen molar-refractivity contribution < 1.29 is 0 Å². The minimum atomic E-state index is 0.257. The van der Waals surface area contributed by atoms with E-state index in [0.717, 1.165) is 11.4 Å². The van der Waals surface area contributed by atoms with E-state index in [1.807, 2.05) is 18.7 Å². The maximum Gasteiger partial charge on any atom is 0.0828 e. The molecule has 0 bridgehead atoms. The van der Waals surface area contributed by atoms with Gasteiger partial charge in [0.1, 0.15) is 0 Å². The summed E-state index contributed by atoms with van der Waals surface area (Å²) in [6.07, 6.45) is 0. The van der Waals surface area contributed by atoms with Gasteiger partial charge < -0.3 is 10.2 Å². The molecule has 1 atom stereocenters. The van der Waals surface area contributed by atoms with Crippen LogP contribution in [-0.4, -0.2) is 23.9 Å². The zero-order chi connectivity index (χ0) is 14.9. The fraction of sp³-hybridized carbons (Fsp3) is 0.438. The fourth-order valence-corrected chi connectivity index (χ4v) is 2.34. The average Bonchev–Trinajstić information content (AvgIpc) is 2.65. The van der Waals surface area contributed by atoms with Crippen molar-refractivity contribution in [1.29, 1.82) is 0 Å². The molecule has 0 saturated heterocycles. The highest BCUT2D eigenvalue weighted by atomic mass is 15.3. The molecule has 0 aliphatic carbocycles. The summed E-state index contributed by atoms with van der Waals surface area (Å²) in [6, 6.07) is 8.91. The minimum absolute atomic E-state index is 0.257. The molecule has 2 rings (SSSR count). The molecular formula is C16H24N4. The van der Waals surface area contributed by atoms with Crippen molar-refractivity contribution in [1.82, 2.24) is 9.78 Å². The second-order valence-corrected chi connectivity index (χ2v) is 5.52. The van der Waals surface area contributed by atoms with E-state index < -0.39 is 0 Å². The van der Waals surface area contributed by atoms with Gasteiger partial charge >= 0.3 is 0 Å². The van der Waals surface area contributed by atoms with Gasteiger partial charge in [-0.1, -0.05) is 12.1 Å². The highest BCUT2D eigenvalue weighted by molar-refractivity contribution is 5.54. The molecule has 20 heavy (non-hydrogen) atoms. The number of anilines is 2. The van der Waals surface area contributed by atoms with Crippen molar-refractivity contribution in [2.24, 2.45) is 7.05 Å². The van der Waals surface area contributed by atoms with Crippen LogP contribution in [0.3, 0.4) is 0 Å². The number of nitrogens with zero attached hydrogens (tertiary/aromatic N) is 3. The van der Waals surface area contributed by atoms with Gasteiger partial charge in [-0.15, -0.1) is 0 Å². The van der Waals surface area contributed by atoms with E-state index in [2.05, 4.69) is 67.5 Å². The van der Waals surface area contributed by atoms with Gasteiger partial charge in [0.15, 0.2) is 0 Å². The lowest BCUT2D eigenvalue weighted by Crippen LogP contribution is -2.10. The van der Waals surface area contributed by atoms with Crippen molar-refractivity contribution in [2.75, 3.05) is 24.3 Å². The summed E-state index contributed by atoms with van der Waals surface area (Å²) in [5.74, 6) is 0. The van der Waals surface area contributed by atoms with Crippen LogP contribution in [0, 0.1) is 13.8 Å². The van der Waals surface area contributed by atoms with Crippen molar-refractivity contribution in [3.05, 3.63) is 41.2 Å². The summed E-state index contributed by atoms with van der Waals surface area (Å²) in [5.41, 5.74) is 5.84. The van der Waals surface area contributed by atoms with Gasteiger partial charge in [0.2, 0.25) is 0 Å². The van der Waals surface area contributed by atoms with E-state index in [9.17, 15) is 0 Å². The molecule has 0 aliphatic heterocycles. The van der Waals surface area contributed by atoms with E-state index in [1.54, 1.807) is 0 Å². The third-order valence-electron chi connectivity index (χ3n) is 3.78. The minimum Gasteiger partial charge on any atom is -0.378 e. The molecule has 0 amide bonds. The fourth-order valence-electron chi connectivity index (χ4n) is 2.34. The predicted octanol–water partition coefficient (Wildman–Crippen LogP) is 3.28. The van der Waals surface area contributed by atoms with Crippen LogP contribution in [0.4, 0.5) is 11.4 Å². The summed E-state index contributed by atoms with van der Waals surface area (Å²) in [7, 11) is 6.09. The zero-order valence-electron chi connectivity index (χ0n) is 13.2. The van der Waals surface area contributed by atoms with Crippen LogP contribution >= 0.6 is 0 Å². The van der Waals surface area contributed by atoms with Gasteiger partial charge in [0, 0.05) is 32.9 Å². The Morgan fingerprint density at radius 1 is 1.15 bits per heavy atom. The zero-order valence-corrected chi connectivity index (χ0v) is 13.2. The Balaban J connectivity index is 2.17. The molecule has 0 saturated carbocycles. The van der Waals surface area contributed by atoms with Gasteiger partial charge in [-0.3, -0.25) is 4.68 Å². The molecule has 4 heteroatoms. The predicted molar refractivity (Wildman–Crippen MR) is 85.5 cm³/mol. The molecule has 108 valence electrons. The molecule has 0 aliphatic rings. The van der Waals surface area contributed by atoms with Crippen LogP contribution < -0.4 is 10.2 Å². The summed E-state index contributed by atoms with van der Waals surface area (Å²) in [6.45, 7) is 6.30. The summed E-state index contributed by atoms with van der Waals surface area (Å²) >= 11 is 0. The number of nitrogens with one attached hydrogen (secondary N) is 1. The lowest BCUT2D eigenvalue weighted by atomic mass is 10.1. The Labute approximate surface area is 121 Å². The van der Waals surface area contributed by atoms with Crippen LogP contribution in [0.15, 0.2) is 24.3 Å². The molecule has 1 heterocycles. The number of rotatable bonds is 4. The van der Waals surface area contributed by atoms with E-state index in [1.165, 1.54) is 16.9 Å². The SMILES string of the molecule is Cc1nn(C)c(C)c1NC(C)c1ccc(N(C)C)cc1. The highest BCUT2D eigenvalue weighted by Gasteiger charge is 2.13. The number of aryl methyl sites for hydroxylation is 2. The normalized spacial score (nSPS) is 12.3. The maximum atomic E-state index is 4.44. The number of hydrogen-bond donors (Lipinski definition) is 1. The van der Waals surface area contributed by atoms with Crippen molar-refractivity contribution in [3.8, 4) is 0 Å². The van der Waals surface area contributed by atoms with Crippen molar-refractivity contribution in [2.45, 2.75) is 26.8 Å². The van der Waals surface area contributed by atoms with Crippen molar-refractivity contribution in [3.63, 3.8) is 0 Å². The lowest BCUT2D eigenvalue weighted by molar-refractivity contribution is 0.731. The van der Waals surface area contributed by atoms with Gasteiger partial charge in [-0.05, 0) is 38.5 Å². The summed E-state index contributed by atoms with van der Waals surface area (Å²) in [5, 5.41) is 8.01. The molecule has 0 fully saturated rings. The Morgan fingerprint density at radius 2 is 1.75 bits per heavy atom. The number of aromatic nitrogens is 2. The van der Waals surface area contributed by atoms with Crippen LogP contribution in [0.2, 0.25) is 0 Å². The molecule has 0 radical (unpaired) electrons. The van der Waals surface area contributed by atoms with Gasteiger partial charge in [-0.2, -0.15) is 5.10 Å². The van der Waals surface area contributed by atoms with Crippen LogP contribution in [-0.2, 0) is 7.05 Å². The third-order valence-corrected chi connectivity index (χ3v) is 3.78. The van der Waals surface area contributed by atoms with E-state index in [-0.39, 0.29) is 6.04 Å². The van der Waals surface area contributed by atoms with E-state index in [0.29, 0.717) is 0 Å². The molecule has 1 aromatic heterocycles. The first kappa shape index (κ1) is 14.4. The Bertz CT molecular complexity index is 581. The second-order valence-electron chi connectivity index (χ2n) is 5.52. The van der Waals surface area contributed by atoms with Crippen molar-refractivity contribution >= 4 is 11.4 Å². The van der Waals surface area contributed by atoms with E-state index >= 15 is 0 Å². The first-order valence-electron chi connectivity index (χ1n) is 6.94. The van der Waals surface area contributed by atoms with Crippen LogP contribution in [0.1, 0.15) is 29.9 Å². The number of hydrogen-bond acceptors (Lipinski definition) is 3. The number of benzene rings is 1. The van der Waals surface area contributed by atoms with Gasteiger partial charge in [0.25, 0.3) is 0 Å². The first-order chi connectivity index (χ1) is 9.40. The smallest absolute Gasteiger partial charge is 0.0828 e. The molecule has 2 aromatic rings. The molecule has 4 nitrogen and oxygen atoms in total. The Morgan fingerprint density at radius 3 is 2.20 bits per heavy atom. The first-order valence-corrected chi connectivity index (χ1v) is 6.94. The van der Waals surface area contributed by atoms with Crippen LogP contribution in [0.25, 0.3) is 0 Å². The molecule has 1 unspecified atom stereocenters. The summed E-state index contributed by atoms with van der Waals surface area (Å²) < 4.78 is 1.92. The van der Waals surface area contributed by atoms with Gasteiger partial charge in [-0.25, -0.2) is 0 Å². The highest BCUT2D eigenvalue weighted by Crippen LogP contribution is 2.25. The quantitative estimate of drug-likeness (QED) is 0.927. The topological polar surface area (TPSA) is 33.1 Å². The Kier molecular flexibility index (Phi) is 4.02. The largest absolute Gasteiger partial charge is 0.378 e. The maximum absolute atomic E-state index is 4.44. The van der Waals surface area contributed by atoms with Gasteiger partial charge in [0.05, 0.1) is 17.1 Å². The summed E-state index contributed by atoms with van der Waals surface area (Å²) in [4.78, 5) is 2.11. The standard InChI is InChI=1S/C16H24N4/c1-11(14-7-9-15(10-8-14)19(4)5)17-16-12(2)18-20(6)13(16)3/h7-11,17H,1-6H3. The monoisotopic (exact) mass is 272 g/mol.